The molecule has 1 aliphatic carbocycles. The Labute approximate surface area is 181 Å². The second kappa shape index (κ2) is 7.78. The van der Waals surface area contributed by atoms with Crippen molar-refractivity contribution >= 4 is 28.9 Å². The summed E-state index contributed by atoms with van der Waals surface area (Å²) >= 11 is 12.9. The fourth-order valence-electron chi connectivity index (χ4n) is 4.51. The number of hydrogen-bond acceptors (Lipinski definition) is 2. The number of fused-ring (bicyclic) bond motifs is 3. The van der Waals surface area contributed by atoms with Crippen LogP contribution >= 0.6 is 23.2 Å². The van der Waals surface area contributed by atoms with Crippen LogP contribution in [-0.4, -0.2) is 0 Å². The molecule has 0 spiro atoms. The number of anilines is 1. The van der Waals surface area contributed by atoms with E-state index in [-0.39, 0.29) is 6.04 Å². The number of nitrogens with one attached hydrogen (secondary N) is 1. The van der Waals surface area contributed by atoms with Gasteiger partial charge in [0.1, 0.15) is 12.4 Å². The van der Waals surface area contributed by atoms with Crippen LogP contribution < -0.4 is 10.1 Å². The Morgan fingerprint density at radius 2 is 1.69 bits per heavy atom. The van der Waals surface area contributed by atoms with Crippen molar-refractivity contribution < 1.29 is 4.74 Å². The van der Waals surface area contributed by atoms with Gasteiger partial charge in [-0.3, -0.25) is 0 Å². The van der Waals surface area contributed by atoms with Gasteiger partial charge in [-0.2, -0.15) is 0 Å². The molecule has 2 aliphatic rings. The van der Waals surface area contributed by atoms with Crippen molar-refractivity contribution in [3.63, 3.8) is 0 Å². The molecule has 0 saturated heterocycles. The maximum Gasteiger partial charge on any atom is 0.125 e. The summed E-state index contributed by atoms with van der Waals surface area (Å²) in [6, 6.07) is 22.6. The van der Waals surface area contributed by atoms with E-state index in [4.69, 9.17) is 27.9 Å². The molecular formula is C25H21Cl2NO. The Kier molecular flexibility index (Phi) is 4.99. The lowest BCUT2D eigenvalue weighted by atomic mass is 9.77. The van der Waals surface area contributed by atoms with E-state index in [1.807, 2.05) is 36.4 Å². The van der Waals surface area contributed by atoms with Crippen molar-refractivity contribution in [1.82, 2.24) is 0 Å². The van der Waals surface area contributed by atoms with Gasteiger partial charge in [0.25, 0.3) is 0 Å². The van der Waals surface area contributed by atoms with Crippen molar-refractivity contribution in [2.24, 2.45) is 5.92 Å². The Bertz CT molecular complexity index is 1060. The molecule has 0 radical (unpaired) electrons. The number of halogens is 2. The second-order valence-corrected chi connectivity index (χ2v) is 8.40. The van der Waals surface area contributed by atoms with Gasteiger partial charge in [-0.1, -0.05) is 90.0 Å². The summed E-state index contributed by atoms with van der Waals surface area (Å²) in [6.07, 6.45) is 5.60. The minimum atomic E-state index is 0.102. The molecule has 4 heteroatoms. The van der Waals surface area contributed by atoms with Crippen LogP contribution in [0.1, 0.15) is 35.1 Å². The molecule has 3 aromatic carbocycles. The predicted molar refractivity (Wildman–Crippen MR) is 120 cm³/mol. The van der Waals surface area contributed by atoms with Gasteiger partial charge in [-0.25, -0.2) is 0 Å². The van der Waals surface area contributed by atoms with E-state index in [2.05, 4.69) is 47.8 Å². The first-order valence-electron chi connectivity index (χ1n) is 9.89. The third-order valence-corrected chi connectivity index (χ3v) is 6.72. The summed E-state index contributed by atoms with van der Waals surface area (Å²) in [7, 11) is 0. The minimum Gasteiger partial charge on any atom is -0.489 e. The number of hydrogen-bond donors (Lipinski definition) is 1. The van der Waals surface area contributed by atoms with E-state index in [0.29, 0.717) is 28.5 Å². The molecule has 1 heterocycles. The molecule has 0 bridgehead atoms. The maximum absolute atomic E-state index is 6.59. The molecule has 1 N–H and O–H groups in total. The van der Waals surface area contributed by atoms with Gasteiger partial charge < -0.3 is 10.1 Å². The lowest BCUT2D eigenvalue weighted by molar-refractivity contribution is 0.296. The van der Waals surface area contributed by atoms with Crippen molar-refractivity contribution in [2.75, 3.05) is 5.32 Å². The number of allylic oxidation sites excluding steroid dienone is 2. The average molecular weight is 422 g/mol. The molecule has 1 aliphatic heterocycles. The van der Waals surface area contributed by atoms with Crippen LogP contribution in [0.3, 0.4) is 0 Å². The molecule has 0 aromatic heterocycles. The van der Waals surface area contributed by atoms with Gasteiger partial charge in [0.2, 0.25) is 0 Å². The van der Waals surface area contributed by atoms with Crippen LogP contribution in [-0.2, 0) is 6.61 Å². The van der Waals surface area contributed by atoms with Gasteiger partial charge in [0.15, 0.2) is 0 Å². The molecule has 3 atom stereocenters. The summed E-state index contributed by atoms with van der Waals surface area (Å²) in [4.78, 5) is 0. The van der Waals surface area contributed by atoms with E-state index >= 15 is 0 Å². The van der Waals surface area contributed by atoms with Crippen LogP contribution in [0, 0.1) is 5.92 Å². The monoisotopic (exact) mass is 421 g/mol. The van der Waals surface area contributed by atoms with Gasteiger partial charge in [-0.05, 0) is 35.6 Å². The first-order valence-corrected chi connectivity index (χ1v) is 10.6. The van der Waals surface area contributed by atoms with E-state index in [1.165, 1.54) is 5.56 Å². The number of rotatable bonds is 4. The van der Waals surface area contributed by atoms with Crippen LogP contribution in [0.25, 0.3) is 0 Å². The molecule has 146 valence electrons. The smallest absolute Gasteiger partial charge is 0.125 e. The summed E-state index contributed by atoms with van der Waals surface area (Å²) in [5.41, 5.74) is 4.47. The third-order valence-electron chi connectivity index (χ3n) is 5.92. The molecular weight excluding hydrogens is 401 g/mol. The lowest BCUT2D eigenvalue weighted by Gasteiger charge is -2.38. The topological polar surface area (TPSA) is 21.3 Å². The Balaban J connectivity index is 1.50. The molecule has 0 amide bonds. The zero-order valence-corrected chi connectivity index (χ0v) is 17.3. The molecule has 5 rings (SSSR count). The SMILES string of the molecule is Clc1ccc2c(c1Cl)NC(c1ccccc1OCc1ccccc1)C1CC=CC21. The number of para-hydroxylation sites is 1. The molecule has 29 heavy (non-hydrogen) atoms. The predicted octanol–water partition coefficient (Wildman–Crippen LogP) is 7.40. The molecule has 2 nitrogen and oxygen atoms in total. The fourth-order valence-corrected chi connectivity index (χ4v) is 4.90. The first kappa shape index (κ1) is 18.6. The molecule has 0 saturated carbocycles. The van der Waals surface area contributed by atoms with Crippen LogP contribution in [0.5, 0.6) is 5.75 Å². The van der Waals surface area contributed by atoms with Gasteiger partial charge in [0, 0.05) is 11.5 Å². The van der Waals surface area contributed by atoms with Gasteiger partial charge >= 0.3 is 0 Å². The zero-order valence-electron chi connectivity index (χ0n) is 15.8. The zero-order chi connectivity index (χ0) is 19.8. The molecule has 0 fully saturated rings. The summed E-state index contributed by atoms with van der Waals surface area (Å²) in [5.74, 6) is 1.65. The largest absolute Gasteiger partial charge is 0.489 e. The average Bonchev–Trinajstić information content (AvgIpc) is 3.25. The third kappa shape index (κ3) is 3.41. The quantitative estimate of drug-likeness (QED) is 0.443. The summed E-state index contributed by atoms with van der Waals surface area (Å²) < 4.78 is 6.25. The first-order chi connectivity index (χ1) is 14.2. The molecule has 3 aromatic rings. The highest BCUT2D eigenvalue weighted by molar-refractivity contribution is 6.43. The number of ether oxygens (including phenoxy) is 1. The normalized spacial score (nSPS) is 21.9. The van der Waals surface area contributed by atoms with Crippen molar-refractivity contribution in [3.05, 3.63) is 106 Å². The van der Waals surface area contributed by atoms with E-state index in [1.54, 1.807) is 0 Å². The maximum atomic E-state index is 6.59. The van der Waals surface area contributed by atoms with Gasteiger partial charge in [0.05, 0.1) is 21.8 Å². The van der Waals surface area contributed by atoms with E-state index in [9.17, 15) is 0 Å². The van der Waals surface area contributed by atoms with Crippen LogP contribution in [0.15, 0.2) is 78.9 Å². The molecule has 3 unspecified atom stereocenters. The highest BCUT2D eigenvalue weighted by atomic mass is 35.5. The van der Waals surface area contributed by atoms with E-state index in [0.717, 1.165) is 29.0 Å². The highest BCUT2D eigenvalue weighted by Gasteiger charge is 2.40. The standard InChI is InChI=1S/C25H21Cl2NO/c26-21-14-13-19-17-10-6-11-18(17)24(28-25(19)23(21)27)20-9-4-5-12-22(20)29-15-16-7-2-1-3-8-16/h1-10,12-14,17-18,24,28H,11,15H2. The number of benzene rings is 3. The minimum absolute atomic E-state index is 0.102. The highest BCUT2D eigenvalue weighted by Crippen LogP contribution is 2.53. The Morgan fingerprint density at radius 3 is 2.55 bits per heavy atom. The van der Waals surface area contributed by atoms with Crippen LogP contribution in [0.4, 0.5) is 5.69 Å². The van der Waals surface area contributed by atoms with Crippen LogP contribution in [0.2, 0.25) is 10.0 Å². The van der Waals surface area contributed by atoms with Gasteiger partial charge in [-0.15, -0.1) is 0 Å². The van der Waals surface area contributed by atoms with Crippen molar-refractivity contribution in [3.8, 4) is 5.75 Å². The Hall–Kier alpha value is -2.42. The Morgan fingerprint density at radius 1 is 0.897 bits per heavy atom. The second-order valence-electron chi connectivity index (χ2n) is 7.61. The summed E-state index contributed by atoms with van der Waals surface area (Å²) in [5, 5.41) is 4.86. The summed E-state index contributed by atoms with van der Waals surface area (Å²) in [6.45, 7) is 0.542. The fraction of sp³-hybridized carbons (Fsp3) is 0.200. The van der Waals surface area contributed by atoms with E-state index < -0.39 is 0 Å². The van der Waals surface area contributed by atoms with Crippen molar-refractivity contribution in [2.45, 2.75) is 25.0 Å². The van der Waals surface area contributed by atoms with Crippen molar-refractivity contribution in [1.29, 1.82) is 0 Å². The lowest BCUT2D eigenvalue weighted by Crippen LogP contribution is -2.29.